The van der Waals surface area contributed by atoms with E-state index in [9.17, 15) is 4.79 Å². The Kier molecular flexibility index (Phi) is 8.42. The van der Waals surface area contributed by atoms with Crippen molar-refractivity contribution in [2.75, 3.05) is 38.3 Å². The second kappa shape index (κ2) is 11.9. The predicted octanol–water partition coefficient (Wildman–Crippen LogP) is 4.71. The molecule has 0 unspecified atom stereocenters. The fourth-order valence-electron chi connectivity index (χ4n) is 4.23. The molecule has 1 amide bonds. The highest BCUT2D eigenvalue weighted by atomic mass is 35.5. The van der Waals surface area contributed by atoms with E-state index >= 15 is 0 Å². The number of rotatable bonds is 9. The summed E-state index contributed by atoms with van der Waals surface area (Å²) in [5.41, 5.74) is 3.82. The zero-order valence-corrected chi connectivity index (χ0v) is 20.9. The number of benzene rings is 1. The molecule has 2 aromatic heterocycles. The van der Waals surface area contributed by atoms with Crippen LogP contribution in [-0.2, 0) is 6.42 Å². The molecule has 1 saturated heterocycles. The van der Waals surface area contributed by atoms with Gasteiger partial charge in [0.2, 0.25) is 0 Å². The van der Waals surface area contributed by atoms with Gasteiger partial charge in [-0.25, -0.2) is 4.98 Å². The lowest BCUT2D eigenvalue weighted by Gasteiger charge is -2.33. The van der Waals surface area contributed by atoms with Crippen LogP contribution in [-0.4, -0.2) is 49.2 Å². The molecule has 1 aliphatic rings. The quantitative estimate of drug-likeness (QED) is 0.434. The number of carbonyl (C=O) groups is 1. The van der Waals surface area contributed by atoms with Gasteiger partial charge in [-0.15, -0.1) is 0 Å². The third-order valence-electron chi connectivity index (χ3n) is 6.27. The maximum atomic E-state index is 12.8. The molecule has 0 atom stereocenters. The highest BCUT2D eigenvalue weighted by molar-refractivity contribution is 6.29. The molecule has 0 radical (unpaired) electrons. The minimum Gasteiger partial charge on any atom is -0.493 e. The average Bonchev–Trinajstić information content (AvgIpc) is 2.88. The Morgan fingerprint density at radius 3 is 2.66 bits per heavy atom. The SMILES string of the molecule is COc1ccc(C(=O)NCC2CCN(c3ccnc(C)c3)CC2)cc1OCCc1ccc(Cl)nc1. The van der Waals surface area contributed by atoms with Gasteiger partial charge in [0.05, 0.1) is 13.7 Å². The van der Waals surface area contributed by atoms with Crippen molar-refractivity contribution >= 4 is 23.2 Å². The van der Waals surface area contributed by atoms with Crippen LogP contribution in [0.4, 0.5) is 5.69 Å². The molecule has 4 rings (SSSR count). The molecule has 1 aliphatic heterocycles. The lowest BCUT2D eigenvalue weighted by atomic mass is 9.96. The molecule has 0 spiro atoms. The summed E-state index contributed by atoms with van der Waals surface area (Å²) in [5, 5.41) is 3.56. The zero-order valence-electron chi connectivity index (χ0n) is 20.2. The zero-order chi connectivity index (χ0) is 24.6. The summed E-state index contributed by atoms with van der Waals surface area (Å²) in [4.78, 5) is 23.6. The number of carbonyl (C=O) groups excluding carboxylic acids is 1. The average molecular weight is 495 g/mol. The van der Waals surface area contributed by atoms with Gasteiger partial charge in [0, 0.05) is 55.4 Å². The lowest BCUT2D eigenvalue weighted by molar-refractivity contribution is 0.0944. The second-order valence-electron chi connectivity index (χ2n) is 8.75. The van der Waals surface area contributed by atoms with Crippen molar-refractivity contribution in [3.8, 4) is 11.5 Å². The fourth-order valence-corrected chi connectivity index (χ4v) is 4.34. The molecule has 3 aromatic rings. The molecule has 1 aromatic carbocycles. The van der Waals surface area contributed by atoms with Gasteiger partial charge in [0.15, 0.2) is 11.5 Å². The molecule has 3 heterocycles. The van der Waals surface area contributed by atoms with E-state index in [1.165, 1.54) is 5.69 Å². The minimum atomic E-state index is -0.105. The molecule has 0 bridgehead atoms. The Labute approximate surface area is 211 Å². The molecular formula is C27H31ClN4O3. The maximum absolute atomic E-state index is 12.8. The number of methoxy groups -OCH3 is 1. The van der Waals surface area contributed by atoms with Gasteiger partial charge in [0.25, 0.3) is 5.91 Å². The van der Waals surface area contributed by atoms with Crippen molar-refractivity contribution < 1.29 is 14.3 Å². The third kappa shape index (κ3) is 6.85. The van der Waals surface area contributed by atoms with E-state index in [0.29, 0.717) is 47.7 Å². The summed E-state index contributed by atoms with van der Waals surface area (Å²) in [6.07, 6.45) is 6.34. The van der Waals surface area contributed by atoms with Crippen LogP contribution in [0.3, 0.4) is 0 Å². The Bertz CT molecular complexity index is 1130. The minimum absolute atomic E-state index is 0.105. The van der Waals surface area contributed by atoms with Crippen molar-refractivity contribution in [3.63, 3.8) is 0 Å². The number of hydrogen-bond donors (Lipinski definition) is 1. The highest BCUT2D eigenvalue weighted by Crippen LogP contribution is 2.28. The molecule has 1 fully saturated rings. The van der Waals surface area contributed by atoms with Crippen LogP contribution in [0.15, 0.2) is 54.9 Å². The van der Waals surface area contributed by atoms with E-state index in [2.05, 4.69) is 32.3 Å². The van der Waals surface area contributed by atoms with Crippen LogP contribution < -0.4 is 19.7 Å². The highest BCUT2D eigenvalue weighted by Gasteiger charge is 2.21. The van der Waals surface area contributed by atoms with Gasteiger partial charge in [0.1, 0.15) is 5.15 Å². The largest absolute Gasteiger partial charge is 0.493 e. The van der Waals surface area contributed by atoms with Crippen molar-refractivity contribution in [3.05, 3.63) is 76.8 Å². The predicted molar refractivity (Wildman–Crippen MR) is 138 cm³/mol. The first-order valence-electron chi connectivity index (χ1n) is 11.9. The smallest absolute Gasteiger partial charge is 0.251 e. The summed E-state index contributed by atoms with van der Waals surface area (Å²) in [7, 11) is 1.59. The molecular weight excluding hydrogens is 464 g/mol. The molecule has 184 valence electrons. The van der Waals surface area contributed by atoms with Crippen LogP contribution >= 0.6 is 11.6 Å². The summed E-state index contributed by atoms with van der Waals surface area (Å²) in [5.74, 6) is 1.49. The van der Waals surface area contributed by atoms with E-state index < -0.39 is 0 Å². The van der Waals surface area contributed by atoms with E-state index in [4.69, 9.17) is 21.1 Å². The van der Waals surface area contributed by atoms with Crippen LogP contribution in [0, 0.1) is 12.8 Å². The van der Waals surface area contributed by atoms with E-state index in [-0.39, 0.29) is 5.91 Å². The number of piperidine rings is 1. The number of hydrogen-bond acceptors (Lipinski definition) is 6. The second-order valence-corrected chi connectivity index (χ2v) is 9.14. The van der Waals surface area contributed by atoms with Crippen molar-refractivity contribution in [2.24, 2.45) is 5.92 Å². The van der Waals surface area contributed by atoms with Crippen LogP contribution in [0.2, 0.25) is 5.15 Å². The summed E-state index contributed by atoms with van der Waals surface area (Å²) >= 11 is 5.84. The number of pyridine rings is 2. The summed E-state index contributed by atoms with van der Waals surface area (Å²) < 4.78 is 11.3. The number of aromatic nitrogens is 2. The molecule has 1 N–H and O–H groups in total. The first-order valence-corrected chi connectivity index (χ1v) is 12.3. The topological polar surface area (TPSA) is 76.6 Å². The lowest BCUT2D eigenvalue weighted by Crippen LogP contribution is -2.38. The van der Waals surface area contributed by atoms with Crippen molar-refractivity contribution in [1.82, 2.24) is 15.3 Å². The molecule has 0 aliphatic carbocycles. The number of ether oxygens (including phenoxy) is 2. The number of nitrogens with zero attached hydrogens (tertiary/aromatic N) is 3. The number of nitrogens with one attached hydrogen (secondary N) is 1. The van der Waals surface area contributed by atoms with Gasteiger partial charge >= 0.3 is 0 Å². The van der Waals surface area contributed by atoms with Gasteiger partial charge in [-0.1, -0.05) is 17.7 Å². The number of aryl methyl sites for hydroxylation is 1. The van der Waals surface area contributed by atoms with Gasteiger partial charge in [-0.3, -0.25) is 9.78 Å². The van der Waals surface area contributed by atoms with E-state index in [1.807, 2.05) is 19.2 Å². The van der Waals surface area contributed by atoms with Gasteiger partial charge in [-0.05, 0) is 67.6 Å². The van der Waals surface area contributed by atoms with Gasteiger partial charge in [-0.2, -0.15) is 0 Å². The molecule has 7 nitrogen and oxygen atoms in total. The number of amides is 1. The van der Waals surface area contributed by atoms with Gasteiger partial charge < -0.3 is 19.7 Å². The number of halogens is 1. The Morgan fingerprint density at radius 1 is 1.11 bits per heavy atom. The Balaban J connectivity index is 1.27. The molecule has 35 heavy (non-hydrogen) atoms. The van der Waals surface area contributed by atoms with Crippen LogP contribution in [0.1, 0.15) is 34.5 Å². The third-order valence-corrected chi connectivity index (χ3v) is 6.50. The van der Waals surface area contributed by atoms with Crippen LogP contribution in [0.5, 0.6) is 11.5 Å². The number of anilines is 1. The normalized spacial score (nSPS) is 14.0. The molecule has 0 saturated carbocycles. The summed E-state index contributed by atoms with van der Waals surface area (Å²) in [6, 6.07) is 13.1. The maximum Gasteiger partial charge on any atom is 0.251 e. The summed E-state index contributed by atoms with van der Waals surface area (Å²) in [6.45, 7) is 5.06. The van der Waals surface area contributed by atoms with E-state index in [1.54, 1.807) is 37.6 Å². The monoisotopic (exact) mass is 494 g/mol. The first-order chi connectivity index (χ1) is 17.0. The Hall–Kier alpha value is -3.32. The fraction of sp³-hybridized carbons (Fsp3) is 0.370. The van der Waals surface area contributed by atoms with Crippen LogP contribution in [0.25, 0.3) is 0 Å². The van der Waals surface area contributed by atoms with E-state index in [0.717, 1.165) is 37.2 Å². The van der Waals surface area contributed by atoms with Crippen molar-refractivity contribution in [2.45, 2.75) is 26.2 Å². The first kappa shape index (κ1) is 24.8. The van der Waals surface area contributed by atoms with Crippen molar-refractivity contribution in [1.29, 1.82) is 0 Å². The Morgan fingerprint density at radius 2 is 1.94 bits per heavy atom. The molecule has 8 heteroatoms. The standard InChI is InChI=1S/C27H31ClN4O3/c1-19-15-23(7-11-29-19)32-12-8-21(9-13-32)18-31-27(33)22-4-5-24(34-2)25(16-22)35-14-10-20-3-6-26(28)30-17-20/h3-7,11,15-17,21H,8-10,12-14,18H2,1-2H3,(H,31,33).